The molecule has 0 spiro atoms. The topological polar surface area (TPSA) is 41.6 Å². The summed E-state index contributed by atoms with van der Waals surface area (Å²) in [6.45, 7) is 9.87. The lowest BCUT2D eigenvalue weighted by molar-refractivity contribution is 0.0252. The summed E-state index contributed by atoms with van der Waals surface area (Å²) < 4.78 is 18.7. The minimum atomic E-state index is -0.503. The Kier molecular flexibility index (Phi) is 7.79. The van der Waals surface area contributed by atoms with Gasteiger partial charge in [-0.05, 0) is 44.9 Å². The summed E-state index contributed by atoms with van der Waals surface area (Å²) in [6.07, 6.45) is 0.556. The molecule has 1 aromatic carbocycles. The average molecular weight is 345 g/mol. The van der Waals surface area contributed by atoms with Gasteiger partial charge in [0.15, 0.2) is 0 Å². The molecule has 1 rings (SSSR count). The van der Waals surface area contributed by atoms with Crippen molar-refractivity contribution in [2.75, 3.05) is 19.6 Å². The zero-order valence-corrected chi connectivity index (χ0v) is 15.0. The maximum absolute atomic E-state index is 13.4. The molecule has 0 heterocycles. The van der Waals surface area contributed by atoms with Crippen LogP contribution in [0.15, 0.2) is 18.2 Å². The van der Waals surface area contributed by atoms with E-state index < -0.39 is 11.4 Å². The van der Waals surface area contributed by atoms with Gasteiger partial charge in [-0.2, -0.15) is 0 Å². The van der Waals surface area contributed by atoms with E-state index in [1.807, 2.05) is 27.7 Å². The van der Waals surface area contributed by atoms with E-state index in [1.165, 1.54) is 12.1 Å². The Balaban J connectivity index is 2.43. The van der Waals surface area contributed by atoms with E-state index >= 15 is 0 Å². The third kappa shape index (κ3) is 7.66. The molecule has 0 aliphatic carbocycles. The smallest absolute Gasteiger partial charge is 0.410 e. The van der Waals surface area contributed by atoms with Gasteiger partial charge < -0.3 is 15.0 Å². The van der Waals surface area contributed by atoms with Crippen LogP contribution in [0, 0.1) is 5.82 Å². The third-order valence-electron chi connectivity index (χ3n) is 3.02. The third-order valence-corrected chi connectivity index (χ3v) is 3.32. The zero-order valence-electron chi connectivity index (χ0n) is 14.3. The largest absolute Gasteiger partial charge is 0.444 e. The van der Waals surface area contributed by atoms with E-state index in [0.717, 1.165) is 12.0 Å². The number of nitrogens with one attached hydrogen (secondary N) is 1. The van der Waals surface area contributed by atoms with Crippen LogP contribution < -0.4 is 5.32 Å². The highest BCUT2D eigenvalue weighted by atomic mass is 35.5. The van der Waals surface area contributed by atoms with Crippen LogP contribution in [-0.2, 0) is 11.3 Å². The summed E-state index contributed by atoms with van der Waals surface area (Å²) in [7, 11) is 0. The highest BCUT2D eigenvalue weighted by Crippen LogP contribution is 2.15. The molecule has 1 N–H and O–H groups in total. The number of hydrogen-bond donors (Lipinski definition) is 1. The number of benzene rings is 1. The molecular weight excluding hydrogens is 319 g/mol. The number of carbonyl (C=O) groups excluding carboxylic acids is 1. The first-order chi connectivity index (χ1) is 10.7. The van der Waals surface area contributed by atoms with Gasteiger partial charge >= 0.3 is 6.09 Å². The predicted octanol–water partition coefficient (Wildman–Crippen LogP) is 4.22. The molecule has 6 heteroatoms. The second-order valence-electron chi connectivity index (χ2n) is 6.39. The number of rotatable bonds is 7. The molecule has 0 aromatic heterocycles. The Hall–Kier alpha value is -1.33. The molecule has 0 saturated heterocycles. The van der Waals surface area contributed by atoms with Gasteiger partial charge in [0.25, 0.3) is 0 Å². The molecule has 0 atom stereocenters. The molecule has 0 aliphatic heterocycles. The van der Waals surface area contributed by atoms with Crippen molar-refractivity contribution in [3.63, 3.8) is 0 Å². The Morgan fingerprint density at radius 2 is 2.04 bits per heavy atom. The quantitative estimate of drug-likeness (QED) is 0.753. The van der Waals surface area contributed by atoms with Crippen molar-refractivity contribution >= 4 is 17.7 Å². The molecule has 0 fully saturated rings. The monoisotopic (exact) mass is 344 g/mol. The Morgan fingerprint density at radius 1 is 1.35 bits per heavy atom. The van der Waals surface area contributed by atoms with E-state index in [-0.39, 0.29) is 11.1 Å². The van der Waals surface area contributed by atoms with Crippen molar-refractivity contribution in [2.45, 2.75) is 46.3 Å². The molecule has 23 heavy (non-hydrogen) atoms. The first-order valence-electron chi connectivity index (χ1n) is 7.85. The van der Waals surface area contributed by atoms with Crippen molar-refractivity contribution in [3.05, 3.63) is 34.6 Å². The van der Waals surface area contributed by atoms with Crippen LogP contribution in [0.25, 0.3) is 0 Å². The van der Waals surface area contributed by atoms with Crippen molar-refractivity contribution in [1.29, 1.82) is 0 Å². The number of hydrogen-bond acceptors (Lipinski definition) is 3. The zero-order chi connectivity index (χ0) is 17.5. The number of halogens is 2. The fourth-order valence-corrected chi connectivity index (χ4v) is 2.10. The summed E-state index contributed by atoms with van der Waals surface area (Å²) in [5, 5.41) is 3.31. The van der Waals surface area contributed by atoms with E-state index in [9.17, 15) is 9.18 Å². The van der Waals surface area contributed by atoms with Crippen molar-refractivity contribution in [3.8, 4) is 0 Å². The number of amides is 1. The second-order valence-corrected chi connectivity index (χ2v) is 6.80. The average Bonchev–Trinajstić information content (AvgIpc) is 2.44. The van der Waals surface area contributed by atoms with Crippen LogP contribution in [0.3, 0.4) is 0 Å². The summed E-state index contributed by atoms with van der Waals surface area (Å²) in [5.41, 5.74) is 0.309. The lowest BCUT2D eigenvalue weighted by atomic mass is 10.2. The van der Waals surface area contributed by atoms with Gasteiger partial charge in [0.05, 0.1) is 5.02 Å². The number of carbonyl (C=O) groups is 1. The summed E-state index contributed by atoms with van der Waals surface area (Å²) in [5.74, 6) is -0.424. The maximum Gasteiger partial charge on any atom is 0.410 e. The van der Waals surface area contributed by atoms with Crippen LogP contribution >= 0.6 is 11.6 Å². The first-order valence-corrected chi connectivity index (χ1v) is 8.23. The van der Waals surface area contributed by atoms with Crippen LogP contribution in [0.2, 0.25) is 5.02 Å². The molecule has 0 aliphatic rings. The summed E-state index contributed by atoms with van der Waals surface area (Å²) in [4.78, 5) is 13.8. The van der Waals surface area contributed by atoms with E-state index in [2.05, 4.69) is 5.32 Å². The minimum absolute atomic E-state index is 0.118. The highest BCUT2D eigenvalue weighted by molar-refractivity contribution is 6.30. The van der Waals surface area contributed by atoms with Gasteiger partial charge in [-0.3, -0.25) is 0 Å². The molecule has 0 saturated carbocycles. The van der Waals surface area contributed by atoms with Gasteiger partial charge in [0, 0.05) is 26.2 Å². The van der Waals surface area contributed by atoms with Crippen molar-refractivity contribution in [1.82, 2.24) is 10.2 Å². The van der Waals surface area contributed by atoms with Gasteiger partial charge in [0.1, 0.15) is 11.4 Å². The number of nitrogens with zero attached hydrogens (tertiary/aromatic N) is 1. The van der Waals surface area contributed by atoms with Gasteiger partial charge in [0.2, 0.25) is 0 Å². The Bertz CT molecular complexity index is 518. The molecule has 0 bridgehead atoms. The Morgan fingerprint density at radius 3 is 2.61 bits per heavy atom. The first kappa shape index (κ1) is 19.7. The van der Waals surface area contributed by atoms with Crippen LogP contribution in [0.5, 0.6) is 0 Å². The molecular formula is C17H26ClFN2O2. The predicted molar refractivity (Wildman–Crippen MR) is 91.2 cm³/mol. The van der Waals surface area contributed by atoms with E-state index in [4.69, 9.17) is 16.3 Å². The second kappa shape index (κ2) is 9.08. The minimum Gasteiger partial charge on any atom is -0.444 e. The Labute approximate surface area is 142 Å². The van der Waals surface area contributed by atoms with Crippen LogP contribution in [-0.4, -0.2) is 36.2 Å². The fourth-order valence-electron chi connectivity index (χ4n) is 1.99. The van der Waals surface area contributed by atoms with Gasteiger partial charge in [-0.1, -0.05) is 24.6 Å². The van der Waals surface area contributed by atoms with Crippen LogP contribution in [0.1, 0.15) is 39.7 Å². The van der Waals surface area contributed by atoms with E-state index in [0.29, 0.717) is 26.2 Å². The van der Waals surface area contributed by atoms with Gasteiger partial charge in [-0.25, -0.2) is 9.18 Å². The molecule has 0 radical (unpaired) electrons. The number of ether oxygens (including phenoxy) is 1. The molecule has 4 nitrogen and oxygen atoms in total. The summed E-state index contributed by atoms with van der Waals surface area (Å²) in [6, 6.07) is 4.72. The van der Waals surface area contributed by atoms with Crippen LogP contribution in [0.4, 0.5) is 9.18 Å². The molecule has 0 unspecified atom stereocenters. The normalized spacial score (nSPS) is 11.4. The highest BCUT2D eigenvalue weighted by Gasteiger charge is 2.21. The van der Waals surface area contributed by atoms with Crippen molar-refractivity contribution < 1.29 is 13.9 Å². The molecule has 130 valence electrons. The fraction of sp³-hybridized carbons (Fsp3) is 0.588. The lowest BCUT2D eigenvalue weighted by Gasteiger charge is -2.27. The van der Waals surface area contributed by atoms with Gasteiger partial charge in [-0.15, -0.1) is 0 Å². The standard InChI is InChI=1S/C17H26ClFN2O2/c1-5-9-21(16(22)23-17(2,3)4)10-8-20-12-13-6-7-14(18)15(19)11-13/h6-7,11,20H,5,8-10,12H2,1-4H3. The molecule has 1 aromatic rings. The summed E-state index contributed by atoms with van der Waals surface area (Å²) >= 11 is 5.65. The van der Waals surface area contributed by atoms with Crippen molar-refractivity contribution in [2.24, 2.45) is 0 Å². The lowest BCUT2D eigenvalue weighted by Crippen LogP contribution is -2.40. The maximum atomic E-state index is 13.4. The van der Waals surface area contributed by atoms with E-state index in [1.54, 1.807) is 11.0 Å². The SMILES string of the molecule is CCCN(CCNCc1ccc(Cl)c(F)c1)C(=O)OC(C)(C)C. The molecule has 1 amide bonds.